The standard InChI is InChI=1S/C14H17N5OS/c1-10(20)19-14-16-8-13(21-14)7-4-11-2-5-12(6-3-11)17-9-18-15/h2-3,5-6,8-9H,4,7,15H2,1H3,(H,17,18)(H,16,19,20). The van der Waals surface area contributed by atoms with E-state index < -0.39 is 0 Å². The van der Waals surface area contributed by atoms with E-state index >= 15 is 0 Å². The van der Waals surface area contributed by atoms with Gasteiger partial charge in [-0.15, -0.1) is 11.3 Å². The predicted octanol–water partition coefficient (Wildman–Crippen LogP) is 2.01. The molecular weight excluding hydrogens is 286 g/mol. The number of carbonyl (C=O) groups excluding carboxylic acids is 1. The lowest BCUT2D eigenvalue weighted by atomic mass is 10.1. The Kier molecular flexibility index (Phi) is 5.42. The number of rotatable bonds is 6. The number of nitrogens with one attached hydrogen (secondary N) is 2. The van der Waals surface area contributed by atoms with Crippen LogP contribution in [0.4, 0.5) is 10.8 Å². The largest absolute Gasteiger partial charge is 0.315 e. The summed E-state index contributed by atoms with van der Waals surface area (Å²) < 4.78 is 0. The highest BCUT2D eigenvalue weighted by Crippen LogP contribution is 2.20. The highest BCUT2D eigenvalue weighted by molar-refractivity contribution is 7.15. The third kappa shape index (κ3) is 4.97. The first-order chi connectivity index (χ1) is 10.2. The Bertz CT molecular complexity index is 621. The first-order valence-electron chi connectivity index (χ1n) is 6.47. The van der Waals surface area contributed by atoms with Crippen molar-refractivity contribution in [3.05, 3.63) is 40.9 Å². The SMILES string of the molecule is CC(=O)Nc1ncc(CCc2ccc(N=CNN)cc2)s1. The number of nitrogens with two attached hydrogens (primary N) is 1. The summed E-state index contributed by atoms with van der Waals surface area (Å²) in [4.78, 5) is 20.4. The van der Waals surface area contributed by atoms with Crippen LogP contribution in [0.3, 0.4) is 0 Å². The van der Waals surface area contributed by atoms with Crippen LogP contribution in [0.1, 0.15) is 17.4 Å². The molecule has 1 aromatic heterocycles. The molecule has 1 aromatic carbocycles. The zero-order valence-electron chi connectivity index (χ0n) is 11.7. The zero-order chi connectivity index (χ0) is 15.1. The molecule has 1 amide bonds. The molecule has 0 spiro atoms. The van der Waals surface area contributed by atoms with Crippen molar-refractivity contribution in [1.29, 1.82) is 0 Å². The number of hydrogen-bond donors (Lipinski definition) is 3. The molecule has 0 aliphatic rings. The third-order valence-corrected chi connectivity index (χ3v) is 3.69. The van der Waals surface area contributed by atoms with Gasteiger partial charge in [0.05, 0.1) is 5.69 Å². The molecule has 0 radical (unpaired) electrons. The second kappa shape index (κ2) is 7.51. The Balaban J connectivity index is 1.89. The molecule has 2 rings (SSSR count). The summed E-state index contributed by atoms with van der Waals surface area (Å²) in [5.41, 5.74) is 4.44. The van der Waals surface area contributed by atoms with Gasteiger partial charge in [-0.2, -0.15) is 0 Å². The minimum atomic E-state index is -0.0981. The maximum absolute atomic E-state index is 10.9. The van der Waals surface area contributed by atoms with E-state index in [2.05, 4.69) is 20.7 Å². The van der Waals surface area contributed by atoms with Crippen LogP contribution in [0.2, 0.25) is 0 Å². The summed E-state index contributed by atoms with van der Waals surface area (Å²) in [5, 5.41) is 3.34. The number of hydrazine groups is 1. The van der Waals surface area contributed by atoms with Gasteiger partial charge in [0, 0.05) is 18.0 Å². The number of nitrogens with zero attached hydrogens (tertiary/aromatic N) is 2. The van der Waals surface area contributed by atoms with Crippen LogP contribution in [0.25, 0.3) is 0 Å². The molecule has 6 nitrogen and oxygen atoms in total. The van der Waals surface area contributed by atoms with Gasteiger partial charge in [0.2, 0.25) is 5.91 Å². The maximum Gasteiger partial charge on any atom is 0.223 e. The molecule has 0 unspecified atom stereocenters. The number of hydrogen-bond acceptors (Lipinski definition) is 5. The Morgan fingerprint density at radius 2 is 2.14 bits per heavy atom. The smallest absolute Gasteiger partial charge is 0.223 e. The summed E-state index contributed by atoms with van der Waals surface area (Å²) in [6.45, 7) is 1.48. The van der Waals surface area contributed by atoms with E-state index in [9.17, 15) is 4.79 Å². The Morgan fingerprint density at radius 1 is 1.38 bits per heavy atom. The minimum absolute atomic E-state index is 0.0981. The van der Waals surface area contributed by atoms with Crippen LogP contribution >= 0.6 is 11.3 Å². The van der Waals surface area contributed by atoms with Gasteiger partial charge in [-0.05, 0) is 30.5 Å². The van der Waals surface area contributed by atoms with Crippen molar-refractivity contribution in [2.75, 3.05) is 5.32 Å². The van der Waals surface area contributed by atoms with Gasteiger partial charge in [0.1, 0.15) is 6.34 Å². The van der Waals surface area contributed by atoms with Crippen LogP contribution < -0.4 is 16.6 Å². The van der Waals surface area contributed by atoms with E-state index in [4.69, 9.17) is 5.84 Å². The lowest BCUT2D eigenvalue weighted by Crippen LogP contribution is -2.18. The number of aromatic nitrogens is 1. The minimum Gasteiger partial charge on any atom is -0.315 e. The van der Waals surface area contributed by atoms with Gasteiger partial charge in [0.25, 0.3) is 0 Å². The number of anilines is 1. The number of carbonyl (C=O) groups is 1. The van der Waals surface area contributed by atoms with Crippen molar-refractivity contribution >= 4 is 34.4 Å². The van der Waals surface area contributed by atoms with Gasteiger partial charge < -0.3 is 10.7 Å². The Hall–Kier alpha value is -2.25. The molecule has 0 aliphatic carbocycles. The molecule has 1 heterocycles. The molecule has 4 N–H and O–H groups in total. The average Bonchev–Trinajstić information content (AvgIpc) is 2.91. The molecule has 0 saturated carbocycles. The second-order valence-corrected chi connectivity index (χ2v) is 5.52. The van der Waals surface area contributed by atoms with Crippen LogP contribution in [-0.4, -0.2) is 17.2 Å². The fraction of sp³-hybridized carbons (Fsp3) is 0.214. The van der Waals surface area contributed by atoms with Crippen LogP contribution in [0.5, 0.6) is 0 Å². The molecule has 0 fully saturated rings. The van der Waals surface area contributed by atoms with E-state index in [1.54, 1.807) is 0 Å². The first-order valence-corrected chi connectivity index (χ1v) is 7.29. The van der Waals surface area contributed by atoms with Crippen LogP contribution in [0, 0.1) is 0 Å². The molecule has 0 aliphatic heterocycles. The van der Waals surface area contributed by atoms with Crippen molar-refractivity contribution in [3.63, 3.8) is 0 Å². The van der Waals surface area contributed by atoms with Crippen molar-refractivity contribution < 1.29 is 4.79 Å². The summed E-state index contributed by atoms with van der Waals surface area (Å²) >= 11 is 1.51. The van der Waals surface area contributed by atoms with Crippen molar-refractivity contribution in [2.24, 2.45) is 10.8 Å². The van der Waals surface area contributed by atoms with Crippen LogP contribution in [-0.2, 0) is 17.6 Å². The maximum atomic E-state index is 10.9. The summed E-state index contributed by atoms with van der Waals surface area (Å²) in [5.74, 6) is 5.02. The predicted molar refractivity (Wildman–Crippen MR) is 85.7 cm³/mol. The number of thiazole rings is 1. The highest BCUT2D eigenvalue weighted by atomic mass is 32.1. The summed E-state index contributed by atoms with van der Waals surface area (Å²) in [6, 6.07) is 7.97. The van der Waals surface area contributed by atoms with Crippen molar-refractivity contribution in [1.82, 2.24) is 10.4 Å². The molecule has 2 aromatic rings. The highest BCUT2D eigenvalue weighted by Gasteiger charge is 2.04. The molecule has 0 bridgehead atoms. The molecule has 21 heavy (non-hydrogen) atoms. The quantitative estimate of drug-likeness (QED) is 0.329. The van der Waals surface area contributed by atoms with E-state index in [0.717, 1.165) is 23.4 Å². The normalized spacial score (nSPS) is 10.8. The summed E-state index contributed by atoms with van der Waals surface area (Å²) in [7, 11) is 0. The number of amides is 1. The molecule has 0 saturated heterocycles. The fourth-order valence-corrected chi connectivity index (χ4v) is 2.62. The third-order valence-electron chi connectivity index (χ3n) is 2.72. The first kappa shape index (κ1) is 15.1. The van der Waals surface area contributed by atoms with E-state index in [0.29, 0.717) is 5.13 Å². The van der Waals surface area contributed by atoms with E-state index in [1.165, 1.54) is 30.2 Å². The molecule has 7 heteroatoms. The molecular formula is C14H17N5OS. The molecule has 110 valence electrons. The van der Waals surface area contributed by atoms with Crippen molar-refractivity contribution in [3.8, 4) is 0 Å². The van der Waals surface area contributed by atoms with Crippen molar-refractivity contribution in [2.45, 2.75) is 19.8 Å². The number of benzene rings is 1. The van der Waals surface area contributed by atoms with E-state index in [1.807, 2.05) is 30.5 Å². The van der Waals surface area contributed by atoms with Gasteiger partial charge in [0.15, 0.2) is 5.13 Å². The fourth-order valence-electron chi connectivity index (χ4n) is 1.76. The monoisotopic (exact) mass is 303 g/mol. The van der Waals surface area contributed by atoms with Gasteiger partial charge in [-0.1, -0.05) is 12.1 Å². The van der Waals surface area contributed by atoms with Gasteiger partial charge in [-0.25, -0.2) is 15.8 Å². The molecule has 0 atom stereocenters. The summed E-state index contributed by atoms with van der Waals surface area (Å²) in [6.07, 6.45) is 5.06. The zero-order valence-corrected chi connectivity index (χ0v) is 12.5. The second-order valence-electron chi connectivity index (χ2n) is 4.40. The topological polar surface area (TPSA) is 92.4 Å². The average molecular weight is 303 g/mol. The van der Waals surface area contributed by atoms with Gasteiger partial charge >= 0.3 is 0 Å². The van der Waals surface area contributed by atoms with E-state index in [-0.39, 0.29) is 5.91 Å². The Morgan fingerprint density at radius 3 is 2.81 bits per heavy atom. The van der Waals surface area contributed by atoms with Crippen LogP contribution in [0.15, 0.2) is 35.5 Å². The lowest BCUT2D eigenvalue weighted by Gasteiger charge is -2.00. The lowest BCUT2D eigenvalue weighted by molar-refractivity contribution is -0.114. The number of aryl methyl sites for hydroxylation is 2. The van der Waals surface area contributed by atoms with Gasteiger partial charge in [-0.3, -0.25) is 4.79 Å². The Labute approximate surface area is 127 Å². The number of aliphatic imine (C=N–C) groups is 1.